The van der Waals surface area contributed by atoms with Gasteiger partial charge in [-0.25, -0.2) is 0 Å². The Labute approximate surface area is 117 Å². The molecule has 1 aromatic rings. The van der Waals surface area contributed by atoms with Crippen LogP contribution < -0.4 is 4.74 Å². The Morgan fingerprint density at radius 3 is 2.58 bits per heavy atom. The van der Waals surface area contributed by atoms with Gasteiger partial charge in [0.2, 0.25) is 0 Å². The highest BCUT2D eigenvalue weighted by Gasteiger charge is 2.23. The summed E-state index contributed by atoms with van der Waals surface area (Å²) in [6.45, 7) is 10.9. The summed E-state index contributed by atoms with van der Waals surface area (Å²) in [6, 6.07) is 8.33. The summed E-state index contributed by atoms with van der Waals surface area (Å²) in [7, 11) is 0. The van der Waals surface area contributed by atoms with Crippen molar-refractivity contribution in [1.29, 1.82) is 0 Å². The minimum atomic E-state index is 0.634. The summed E-state index contributed by atoms with van der Waals surface area (Å²) in [5.41, 5.74) is 1.36. The van der Waals surface area contributed by atoms with Crippen LogP contribution in [0.15, 0.2) is 61.2 Å². The average Bonchev–Trinajstić information content (AvgIpc) is 2.45. The molecule has 0 saturated carbocycles. The largest absolute Gasteiger partial charge is 0.493 e. The molecule has 0 fully saturated rings. The van der Waals surface area contributed by atoms with Crippen LogP contribution in [0.3, 0.4) is 0 Å². The Morgan fingerprint density at radius 2 is 1.89 bits per heavy atom. The third-order valence-electron chi connectivity index (χ3n) is 3.32. The van der Waals surface area contributed by atoms with Gasteiger partial charge in [-0.05, 0) is 30.4 Å². The molecule has 0 saturated heterocycles. The predicted molar refractivity (Wildman–Crippen MR) is 83.7 cm³/mol. The number of para-hydroxylation sites is 1. The van der Waals surface area contributed by atoms with E-state index >= 15 is 0 Å². The van der Waals surface area contributed by atoms with E-state index in [2.05, 4.69) is 38.6 Å². The summed E-state index contributed by atoms with van der Waals surface area (Å²) >= 11 is 0. The first-order chi connectivity index (χ1) is 9.20. The zero-order valence-corrected chi connectivity index (χ0v) is 12.2. The van der Waals surface area contributed by atoms with Crippen LogP contribution in [0.5, 0.6) is 5.75 Å². The number of benzene rings is 1. The molecular weight excluding hydrogens is 232 g/mol. The van der Waals surface area contributed by atoms with E-state index in [1.54, 1.807) is 6.08 Å². The number of fused-ring (bicyclic) bond motifs is 1. The monoisotopic (exact) mass is 256 g/mol. The number of allylic oxidation sites excluding steroid dienone is 5. The van der Waals surface area contributed by atoms with Crippen LogP contribution in [0.2, 0.25) is 0 Å². The van der Waals surface area contributed by atoms with Crippen LogP contribution in [0.4, 0.5) is 0 Å². The summed E-state index contributed by atoms with van der Waals surface area (Å²) in [5, 5.41) is 0. The fraction of sp³-hybridized carbons (Fsp3) is 0.333. The minimum Gasteiger partial charge on any atom is -0.493 e. The van der Waals surface area contributed by atoms with E-state index in [1.807, 2.05) is 37.3 Å². The van der Waals surface area contributed by atoms with Gasteiger partial charge in [0.1, 0.15) is 5.75 Å². The van der Waals surface area contributed by atoms with Crippen molar-refractivity contribution < 1.29 is 4.74 Å². The second-order valence-corrected chi connectivity index (χ2v) is 4.76. The molecule has 2 atom stereocenters. The first-order valence-corrected chi connectivity index (χ1v) is 6.82. The van der Waals surface area contributed by atoms with Crippen LogP contribution in [0.1, 0.15) is 32.3 Å². The van der Waals surface area contributed by atoms with Crippen LogP contribution in [0.25, 0.3) is 0 Å². The van der Waals surface area contributed by atoms with Gasteiger partial charge in [-0.2, -0.15) is 0 Å². The van der Waals surface area contributed by atoms with E-state index in [9.17, 15) is 0 Å². The average molecular weight is 256 g/mol. The molecule has 1 heteroatoms. The van der Waals surface area contributed by atoms with Gasteiger partial charge in [-0.15, -0.1) is 0 Å². The highest BCUT2D eigenvalue weighted by molar-refractivity contribution is 5.37. The Morgan fingerprint density at radius 1 is 1.16 bits per heavy atom. The lowest BCUT2D eigenvalue weighted by atomic mass is 9.87. The van der Waals surface area contributed by atoms with Gasteiger partial charge in [0, 0.05) is 0 Å². The van der Waals surface area contributed by atoms with Crippen molar-refractivity contribution in [3.8, 4) is 5.75 Å². The molecule has 19 heavy (non-hydrogen) atoms. The maximum absolute atomic E-state index is 5.61. The molecule has 1 aliphatic rings. The molecule has 0 radical (unpaired) electrons. The number of ether oxygens (including phenoxy) is 1. The standard InChI is InChI=1S/C11H14O.C7H10/c1-8-7-12-11-6-4-3-5-10(11)9(8)2;1-3-5-7-6-4-2/h3-6,8-9H,7H2,1-2H3;3-7H,1H2,2H3/b;6-4-,7-5-. The Balaban J connectivity index is 0.000000224. The van der Waals surface area contributed by atoms with E-state index in [1.165, 1.54) is 5.56 Å². The van der Waals surface area contributed by atoms with Crippen molar-refractivity contribution in [2.24, 2.45) is 5.92 Å². The lowest BCUT2D eigenvalue weighted by molar-refractivity contribution is 0.211. The highest BCUT2D eigenvalue weighted by atomic mass is 16.5. The molecule has 0 amide bonds. The summed E-state index contributed by atoms with van der Waals surface area (Å²) in [4.78, 5) is 0. The van der Waals surface area contributed by atoms with Gasteiger partial charge in [0.05, 0.1) is 6.61 Å². The third kappa shape index (κ3) is 4.78. The minimum absolute atomic E-state index is 0.634. The molecule has 102 valence electrons. The first-order valence-electron chi connectivity index (χ1n) is 6.82. The lowest BCUT2D eigenvalue weighted by Crippen LogP contribution is -2.21. The summed E-state index contributed by atoms with van der Waals surface area (Å²) in [6.07, 6.45) is 9.51. The number of rotatable bonds is 2. The smallest absolute Gasteiger partial charge is 0.122 e. The number of hydrogen-bond donors (Lipinski definition) is 0. The fourth-order valence-electron chi connectivity index (χ4n) is 1.91. The first kappa shape index (κ1) is 15.3. The molecule has 1 nitrogen and oxygen atoms in total. The molecule has 0 aliphatic carbocycles. The summed E-state index contributed by atoms with van der Waals surface area (Å²) in [5.74, 6) is 2.35. The fourth-order valence-corrected chi connectivity index (χ4v) is 1.91. The van der Waals surface area contributed by atoms with Crippen molar-refractivity contribution >= 4 is 0 Å². The van der Waals surface area contributed by atoms with Crippen molar-refractivity contribution in [3.63, 3.8) is 0 Å². The quantitative estimate of drug-likeness (QED) is 0.667. The van der Waals surface area contributed by atoms with E-state index in [0.29, 0.717) is 11.8 Å². The Hall–Kier alpha value is -1.76. The van der Waals surface area contributed by atoms with Gasteiger partial charge in [0.15, 0.2) is 0 Å². The molecule has 2 rings (SSSR count). The zero-order valence-electron chi connectivity index (χ0n) is 12.2. The molecule has 1 aliphatic heterocycles. The van der Waals surface area contributed by atoms with Gasteiger partial charge in [0.25, 0.3) is 0 Å². The lowest BCUT2D eigenvalue weighted by Gasteiger charge is -2.28. The van der Waals surface area contributed by atoms with Gasteiger partial charge in [-0.1, -0.05) is 69.0 Å². The van der Waals surface area contributed by atoms with Crippen LogP contribution >= 0.6 is 0 Å². The van der Waals surface area contributed by atoms with Crippen molar-refractivity contribution in [1.82, 2.24) is 0 Å². The Kier molecular flexibility index (Phi) is 6.73. The molecule has 1 aromatic carbocycles. The zero-order chi connectivity index (χ0) is 14.1. The highest BCUT2D eigenvalue weighted by Crippen LogP contribution is 2.35. The van der Waals surface area contributed by atoms with Crippen LogP contribution in [-0.4, -0.2) is 6.61 Å². The second-order valence-electron chi connectivity index (χ2n) is 4.76. The molecule has 2 unspecified atom stereocenters. The molecule has 0 bridgehead atoms. The molecule has 1 heterocycles. The van der Waals surface area contributed by atoms with Crippen molar-refractivity contribution in [3.05, 3.63) is 66.8 Å². The maximum atomic E-state index is 5.61. The number of hydrogen-bond acceptors (Lipinski definition) is 1. The second kappa shape index (κ2) is 8.36. The topological polar surface area (TPSA) is 9.23 Å². The maximum Gasteiger partial charge on any atom is 0.122 e. The van der Waals surface area contributed by atoms with Gasteiger partial charge < -0.3 is 4.74 Å². The van der Waals surface area contributed by atoms with Crippen molar-refractivity contribution in [2.45, 2.75) is 26.7 Å². The normalized spacial score (nSPS) is 21.4. The third-order valence-corrected chi connectivity index (χ3v) is 3.32. The molecule has 0 aromatic heterocycles. The summed E-state index contributed by atoms with van der Waals surface area (Å²) < 4.78 is 5.61. The van der Waals surface area contributed by atoms with Crippen LogP contribution in [0, 0.1) is 5.92 Å². The van der Waals surface area contributed by atoms with E-state index in [0.717, 1.165) is 12.4 Å². The SMILES string of the molecule is C=C/C=C\C=C/C.CC1COc2ccccc2C1C. The molecule has 0 spiro atoms. The molecule has 0 N–H and O–H groups in total. The van der Waals surface area contributed by atoms with Gasteiger partial charge in [-0.3, -0.25) is 0 Å². The van der Waals surface area contributed by atoms with Crippen LogP contribution in [-0.2, 0) is 0 Å². The van der Waals surface area contributed by atoms with Gasteiger partial charge >= 0.3 is 0 Å². The van der Waals surface area contributed by atoms with Crippen molar-refractivity contribution in [2.75, 3.05) is 6.61 Å². The van der Waals surface area contributed by atoms with E-state index in [-0.39, 0.29) is 0 Å². The Bertz CT molecular complexity index is 443. The predicted octanol–water partition coefficient (Wildman–Crippen LogP) is 5.12. The van der Waals surface area contributed by atoms with E-state index < -0.39 is 0 Å². The van der Waals surface area contributed by atoms with E-state index in [4.69, 9.17) is 4.74 Å². The molecular formula is C18H24O.